The Labute approximate surface area is 803 Å². The summed E-state index contributed by atoms with van der Waals surface area (Å²) < 4.78 is 520. The zero-order chi connectivity index (χ0) is 104. The summed E-state index contributed by atoms with van der Waals surface area (Å²) in [6, 6.07) is 41.9. The van der Waals surface area contributed by atoms with E-state index in [1.165, 1.54) is 94.7 Å². The molecule has 0 bridgehead atoms. The molecule has 0 aliphatic carbocycles. The minimum atomic E-state index is -5.09. The Kier molecular flexibility index (Phi) is 40.8. The fraction of sp³-hybridized carbons (Fsp3) is 0.333. The molecule has 0 amide bonds. The van der Waals surface area contributed by atoms with E-state index in [1.807, 2.05) is 6.07 Å². The van der Waals surface area contributed by atoms with Gasteiger partial charge in [0, 0.05) is 17.1 Å². The number of anilines is 3. The molecule has 58 heteroatoms. The van der Waals surface area contributed by atoms with Crippen LogP contribution in [0, 0.1) is 46.9 Å². The van der Waals surface area contributed by atoms with E-state index in [0.717, 1.165) is 89.6 Å². The number of alkyl halides is 36. The molecule has 4 aliphatic heterocycles. The Morgan fingerprint density at radius 2 is 0.626 bits per heavy atom. The summed E-state index contributed by atoms with van der Waals surface area (Å²) in [5.74, 6) is -1.29. The van der Waals surface area contributed by atoms with Gasteiger partial charge in [0.2, 0.25) is 0 Å². The number of hydrogen-bond donors (Lipinski definition) is 3. The van der Waals surface area contributed by atoms with E-state index in [4.69, 9.17) is 25.3 Å². The monoisotopic (exact) mass is 2270 g/mol. The number of benzene rings is 9. The van der Waals surface area contributed by atoms with Gasteiger partial charge in [-0.1, -0.05) is 109 Å². The number of halogens is 36. The number of aliphatic hydroxyl groups is 2. The van der Waals surface area contributed by atoms with Gasteiger partial charge in [-0.25, -0.2) is 0 Å². The van der Waals surface area contributed by atoms with Crippen LogP contribution in [0.25, 0.3) is 33.4 Å². The predicted octanol–water partition coefficient (Wildman–Crippen LogP) is 25.9. The summed E-state index contributed by atoms with van der Waals surface area (Å²) in [5, 5.41) is 23.0. The average Bonchev–Trinajstić information content (AvgIpc) is 1.40. The first-order chi connectivity index (χ1) is 63.2. The van der Waals surface area contributed by atoms with Crippen LogP contribution in [0.3, 0.4) is 0 Å². The van der Waals surface area contributed by atoms with E-state index in [-0.39, 0.29) is 114 Å². The zero-order valence-electron chi connectivity index (χ0n) is 68.1. The van der Waals surface area contributed by atoms with E-state index in [0.29, 0.717) is 57.3 Å². The van der Waals surface area contributed by atoms with Gasteiger partial charge in [0.25, 0.3) is 0 Å². The third-order valence-corrected chi connectivity index (χ3v) is 19.8. The Morgan fingerprint density at radius 3 is 0.892 bits per heavy atom. The zero-order valence-corrected chi connectivity index (χ0v) is 72.2. The molecule has 4 heterocycles. The molecule has 3 N–H and O–H groups in total. The van der Waals surface area contributed by atoms with Crippen molar-refractivity contribution < 1.29 is 272 Å². The maximum atomic E-state index is 13.3. The number of β-amino-alcohol motifs (C(OH)–C–C–N with tert-alkyl or cyclic N) is 2. The van der Waals surface area contributed by atoms with E-state index in [2.05, 4.69) is 36.8 Å². The predicted molar refractivity (Wildman–Crippen MR) is 409 cm³/mol. The molecule has 0 spiro atoms. The molecule has 0 aromatic heterocycles. The Balaban J connectivity index is 0.000000276. The van der Waals surface area contributed by atoms with Crippen molar-refractivity contribution in [3.63, 3.8) is 0 Å². The molecule has 1 fully saturated rings. The summed E-state index contributed by atoms with van der Waals surface area (Å²) >= 11 is 0. The number of hydrogen-bond acceptors (Lipinski definition) is 21. The van der Waals surface area contributed by atoms with E-state index >= 15 is 0 Å². The van der Waals surface area contributed by atoms with Gasteiger partial charge in [-0.15, -0.1) is 79.0 Å². The van der Waals surface area contributed by atoms with Crippen molar-refractivity contribution in [1.82, 2.24) is 0 Å². The summed E-state index contributed by atoms with van der Waals surface area (Å²) in [7, 11) is -10.5. The molecule has 773 valence electrons. The molecule has 6 unspecified atom stereocenters. The van der Waals surface area contributed by atoms with Gasteiger partial charge in [-0.3, -0.25) is 0 Å². The molecule has 9 aromatic rings. The van der Waals surface area contributed by atoms with Gasteiger partial charge in [-0.05, 0) is 196 Å². The van der Waals surface area contributed by atoms with Crippen molar-refractivity contribution in [2.24, 2.45) is 0 Å². The van der Waals surface area contributed by atoms with E-state index in [9.17, 15) is 168 Å². The summed E-state index contributed by atoms with van der Waals surface area (Å²) in [4.78, 5) is 2.40. The molecule has 4 aliphatic rings. The van der Waals surface area contributed by atoms with Gasteiger partial charge in [0.05, 0.1) is 87.5 Å². The van der Waals surface area contributed by atoms with Gasteiger partial charge in [0.1, 0.15) is 17.2 Å². The maximum absolute atomic E-state index is 13.3. The second kappa shape index (κ2) is 48.0. The normalized spacial score (nSPS) is 16.8. The van der Waals surface area contributed by atoms with Crippen LogP contribution in [-0.2, 0) is 113 Å². The SMILES string of the molecule is FC(F)(F)C1CO1.FC(F)(F)Oc1cccc(-c2cccc3c2CCC(c2cccc(C(F)(F)F)c2)N3)c1.O=[S-](=O)OC(F)(F)F.O=[S-](=O)OC(F)(F)F.O=[S-](=O)OC(F)(F)F.OC(CN1c2cccc(-c3cccc(OC(F)(F)F)c3)c2CCC1c1cccc(C(F)(F)F)c1)C(F)(F)F.OC(CN1c2cccc(-c3cccc(OC(F)(F)F)c3)c2CCC1c1cccc(C(F)(F)F)c1)C(F)(F)F.[Yb+3]. The standard InChI is InChI=1S/2C26H20F9NO2.C23H17F6NO.C3H3F3O.3CF3O3S.Yb/c2*27-24(28,29)17-6-1-5-16(12-17)21-11-10-20-19(15-4-2-7-18(13-15)38-26(33,34)35)8-3-9-22(20)36(21)14-23(37)25(30,31)32;24-22(25,26)16-6-1-5-15(12-16)20-11-10-19-18(8-3-9-21(19)30-20)14-4-2-7-17(13-14)31-23(27,28)29;4-3(5,6)2-1-7-2;3*2-1(3,4)7-8(5)6;/h2*1-9,12-13,21,23,37H,10-11,14H2;1-9,12-13,20,30H,10-11H2;2H,1H2;;;;/q;;;;3*-1;+3. The third kappa shape index (κ3) is 39.3. The third-order valence-electron chi connectivity index (χ3n) is 18.8. The van der Waals surface area contributed by atoms with Crippen LogP contribution in [0.2, 0.25) is 0 Å². The molecular formula is C81H60F36N3O15S3Yb. The van der Waals surface area contributed by atoms with Gasteiger partial charge in [-0.2, -0.15) is 79.0 Å². The second-order valence-corrected chi connectivity index (χ2v) is 30.1. The topological polar surface area (TPSA) is 229 Å². The summed E-state index contributed by atoms with van der Waals surface area (Å²) in [5.41, 5.74) is 3.95. The van der Waals surface area contributed by atoms with Crippen LogP contribution in [0.15, 0.2) is 200 Å². The number of nitrogens with zero attached hydrogens (tertiary/aromatic N) is 2. The molecule has 0 saturated carbocycles. The van der Waals surface area contributed by atoms with Crippen LogP contribution in [0.4, 0.5) is 175 Å². The summed E-state index contributed by atoms with van der Waals surface area (Å²) in [6.45, 7) is -2.07. The smallest absolute Gasteiger partial charge is 0.406 e. The minimum absolute atomic E-state index is 0. The van der Waals surface area contributed by atoms with Crippen molar-refractivity contribution in [1.29, 1.82) is 0 Å². The number of rotatable bonds is 16. The largest absolute Gasteiger partial charge is 3.00 e. The van der Waals surface area contributed by atoms with E-state index in [1.54, 1.807) is 36.4 Å². The van der Waals surface area contributed by atoms with Crippen molar-refractivity contribution in [3.05, 3.63) is 250 Å². The fourth-order valence-corrected chi connectivity index (χ4v) is 14.0. The van der Waals surface area contributed by atoms with Crippen molar-refractivity contribution in [2.45, 2.75) is 150 Å². The molecule has 18 nitrogen and oxygen atoms in total. The molecule has 1 saturated heterocycles. The molecular weight excluding hydrogens is 2210 g/mol. The minimum Gasteiger partial charge on any atom is -0.406 e. The Morgan fingerprint density at radius 1 is 0.345 bits per heavy atom. The Hall–Kier alpha value is -9.61. The van der Waals surface area contributed by atoms with Crippen molar-refractivity contribution in [3.8, 4) is 50.6 Å². The second-order valence-electron chi connectivity index (χ2n) is 28.4. The first-order valence-electron chi connectivity index (χ1n) is 37.7. The maximum Gasteiger partial charge on any atom is 3.00 e. The summed E-state index contributed by atoms with van der Waals surface area (Å²) in [6.07, 6.45) is -63.1. The van der Waals surface area contributed by atoms with Crippen LogP contribution >= 0.6 is 0 Å². The van der Waals surface area contributed by atoms with Crippen LogP contribution < -0.4 is 29.3 Å². The first kappa shape index (κ1) is 118. The fourth-order valence-electron chi connectivity index (χ4n) is 13.6. The van der Waals surface area contributed by atoms with Gasteiger partial charge in [0.15, 0.2) is 18.3 Å². The molecule has 13 rings (SSSR count). The van der Waals surface area contributed by atoms with Gasteiger partial charge >= 0.3 is 122 Å². The number of epoxide rings is 1. The van der Waals surface area contributed by atoms with Gasteiger partial charge < -0.3 is 82.1 Å². The number of aliphatic hydroxyl groups excluding tert-OH is 2. The van der Waals surface area contributed by atoms with Crippen molar-refractivity contribution in [2.75, 3.05) is 34.8 Å². The van der Waals surface area contributed by atoms with Crippen LogP contribution in [0.5, 0.6) is 17.2 Å². The number of nitrogens with one attached hydrogen (secondary N) is 1. The van der Waals surface area contributed by atoms with Crippen molar-refractivity contribution >= 4 is 50.0 Å². The molecule has 6 atom stereocenters. The molecule has 9 aromatic carbocycles. The van der Waals surface area contributed by atoms with Crippen LogP contribution in [-0.4, -0.2) is 105 Å². The number of fused-ring (bicyclic) bond motifs is 3. The number of ether oxygens (including phenoxy) is 4. The average molecular weight is 2270 g/mol. The van der Waals surface area contributed by atoms with Crippen LogP contribution in [0.1, 0.15) is 87.5 Å². The van der Waals surface area contributed by atoms with E-state index < -0.39 is 180 Å². The molecule has 139 heavy (non-hydrogen) atoms. The first-order valence-corrected chi connectivity index (χ1v) is 40.7. The quantitative estimate of drug-likeness (QED) is 0.0464. The Bertz CT molecular complexity index is 5490. The molecule has 1 radical (unpaired) electrons.